The topological polar surface area (TPSA) is 83.5 Å². The van der Waals surface area contributed by atoms with Crippen molar-refractivity contribution < 1.29 is 9.47 Å². The van der Waals surface area contributed by atoms with Gasteiger partial charge >= 0.3 is 0 Å². The Morgan fingerprint density at radius 3 is 2.88 bits per heavy atom. The van der Waals surface area contributed by atoms with Crippen LogP contribution in [0.25, 0.3) is 27.9 Å². The Hall–Kier alpha value is -3.26. The molecule has 0 spiro atoms. The van der Waals surface area contributed by atoms with Crippen molar-refractivity contribution in [2.45, 2.75) is 6.54 Å². The third-order valence-electron chi connectivity index (χ3n) is 4.22. The van der Waals surface area contributed by atoms with Crippen LogP contribution >= 0.6 is 0 Å². The first-order valence-electron chi connectivity index (χ1n) is 8.09. The Morgan fingerprint density at radius 1 is 1.19 bits per heavy atom. The van der Waals surface area contributed by atoms with Gasteiger partial charge < -0.3 is 14.0 Å². The van der Waals surface area contributed by atoms with E-state index in [1.807, 2.05) is 30.3 Å². The molecule has 1 aromatic carbocycles. The molecular formula is C18H17N5O3. The van der Waals surface area contributed by atoms with Gasteiger partial charge in [-0.1, -0.05) is 12.1 Å². The summed E-state index contributed by atoms with van der Waals surface area (Å²) in [5.74, 6) is 1.13. The summed E-state index contributed by atoms with van der Waals surface area (Å²) in [6.07, 6.45) is 3.15. The number of benzene rings is 1. The average molecular weight is 351 g/mol. The fourth-order valence-electron chi connectivity index (χ4n) is 2.97. The van der Waals surface area contributed by atoms with Crippen molar-refractivity contribution in [3.05, 3.63) is 53.2 Å². The molecular weight excluding hydrogens is 334 g/mol. The summed E-state index contributed by atoms with van der Waals surface area (Å²) in [5, 5.41) is 4.74. The van der Waals surface area contributed by atoms with Crippen molar-refractivity contribution in [1.82, 2.24) is 24.1 Å². The van der Waals surface area contributed by atoms with Gasteiger partial charge in [-0.15, -0.1) is 0 Å². The number of rotatable bonds is 5. The summed E-state index contributed by atoms with van der Waals surface area (Å²) < 4.78 is 13.6. The van der Waals surface area contributed by atoms with Crippen molar-refractivity contribution in [2.24, 2.45) is 0 Å². The lowest BCUT2D eigenvalue weighted by Gasteiger charge is -2.12. The number of aromatic nitrogens is 5. The molecule has 0 aliphatic heterocycles. The molecule has 4 rings (SSSR count). The van der Waals surface area contributed by atoms with Crippen LogP contribution in [-0.4, -0.2) is 45.0 Å². The zero-order valence-corrected chi connectivity index (χ0v) is 14.4. The van der Waals surface area contributed by atoms with E-state index in [-0.39, 0.29) is 5.56 Å². The number of pyridine rings is 1. The van der Waals surface area contributed by atoms with E-state index in [1.54, 1.807) is 29.5 Å². The van der Waals surface area contributed by atoms with E-state index in [0.717, 1.165) is 5.56 Å². The van der Waals surface area contributed by atoms with Crippen molar-refractivity contribution >= 4 is 16.7 Å². The molecule has 0 unspecified atom stereocenters. The second-order valence-electron chi connectivity index (χ2n) is 5.73. The van der Waals surface area contributed by atoms with E-state index < -0.39 is 0 Å². The zero-order valence-electron chi connectivity index (χ0n) is 14.4. The van der Waals surface area contributed by atoms with Gasteiger partial charge in [0.25, 0.3) is 11.3 Å². The molecule has 0 fully saturated rings. The van der Waals surface area contributed by atoms with Gasteiger partial charge in [-0.2, -0.15) is 14.6 Å². The normalized spacial score (nSPS) is 11.3. The van der Waals surface area contributed by atoms with E-state index >= 15 is 0 Å². The summed E-state index contributed by atoms with van der Waals surface area (Å²) in [6.45, 7) is 0.900. The predicted molar refractivity (Wildman–Crippen MR) is 96.4 cm³/mol. The summed E-state index contributed by atoms with van der Waals surface area (Å²) in [7, 11) is 3.21. The lowest BCUT2D eigenvalue weighted by atomic mass is 10.1. The minimum absolute atomic E-state index is 0.151. The fourth-order valence-corrected chi connectivity index (χ4v) is 2.97. The molecule has 8 heteroatoms. The van der Waals surface area contributed by atoms with Crippen LogP contribution in [0.3, 0.4) is 0 Å². The largest absolute Gasteiger partial charge is 0.497 e. The maximum absolute atomic E-state index is 13.1. The minimum Gasteiger partial charge on any atom is -0.497 e. The summed E-state index contributed by atoms with van der Waals surface area (Å²) in [6, 6.07) is 9.30. The highest BCUT2D eigenvalue weighted by Gasteiger charge is 2.17. The first kappa shape index (κ1) is 16.2. The second kappa shape index (κ2) is 6.57. The number of nitrogens with zero attached hydrogens (tertiary/aromatic N) is 5. The first-order chi connectivity index (χ1) is 12.7. The Kier molecular flexibility index (Phi) is 4.10. The molecule has 0 aliphatic carbocycles. The van der Waals surface area contributed by atoms with Crippen molar-refractivity contribution in [3.63, 3.8) is 0 Å². The number of hydrogen-bond acceptors (Lipinski definition) is 6. The van der Waals surface area contributed by atoms with Crippen LogP contribution in [0.1, 0.15) is 0 Å². The SMILES string of the molecule is COCCn1ccc2nc3ncnn3c(-c3cccc(OC)c3)c2c1=O. The van der Waals surface area contributed by atoms with Crippen LogP contribution < -0.4 is 10.3 Å². The molecule has 0 radical (unpaired) electrons. The molecule has 0 bridgehead atoms. The van der Waals surface area contributed by atoms with E-state index in [9.17, 15) is 4.79 Å². The van der Waals surface area contributed by atoms with Gasteiger partial charge in [-0.25, -0.2) is 4.98 Å². The van der Waals surface area contributed by atoms with Crippen LogP contribution in [-0.2, 0) is 11.3 Å². The molecule has 0 N–H and O–H groups in total. The molecule has 3 aromatic heterocycles. The highest BCUT2D eigenvalue weighted by atomic mass is 16.5. The van der Waals surface area contributed by atoms with Crippen LogP contribution in [0, 0.1) is 0 Å². The van der Waals surface area contributed by atoms with Crippen molar-refractivity contribution in [3.8, 4) is 17.0 Å². The number of ether oxygens (including phenoxy) is 2. The molecule has 4 aromatic rings. The van der Waals surface area contributed by atoms with Gasteiger partial charge in [-0.3, -0.25) is 4.79 Å². The smallest absolute Gasteiger partial charge is 0.262 e. The first-order valence-corrected chi connectivity index (χ1v) is 8.09. The third kappa shape index (κ3) is 2.60. The number of fused-ring (bicyclic) bond motifs is 2. The standard InChI is InChI=1S/C18H17N5O3/c1-25-9-8-22-7-6-14-15(17(22)24)16(23-18(21-14)19-11-20-23)12-4-3-5-13(10-12)26-2/h3-7,10-11H,8-9H2,1-2H3. The second-order valence-corrected chi connectivity index (χ2v) is 5.73. The van der Waals surface area contributed by atoms with E-state index in [1.165, 1.54) is 6.33 Å². The highest BCUT2D eigenvalue weighted by molar-refractivity contribution is 5.93. The quantitative estimate of drug-likeness (QED) is 0.545. The minimum atomic E-state index is -0.151. The predicted octanol–water partition coefficient (Wildman–Crippen LogP) is 1.76. The summed E-state index contributed by atoms with van der Waals surface area (Å²) >= 11 is 0. The van der Waals surface area contributed by atoms with Gasteiger partial charge in [-0.05, 0) is 18.2 Å². The molecule has 132 valence electrons. The molecule has 0 saturated heterocycles. The monoisotopic (exact) mass is 351 g/mol. The zero-order chi connectivity index (χ0) is 18.1. The van der Waals surface area contributed by atoms with Crippen LogP contribution in [0.4, 0.5) is 0 Å². The Labute approximate surface area is 148 Å². The Balaban J connectivity index is 2.09. The maximum atomic E-state index is 13.1. The van der Waals surface area contributed by atoms with Crippen LogP contribution in [0.2, 0.25) is 0 Å². The molecule has 0 atom stereocenters. The van der Waals surface area contributed by atoms with Gasteiger partial charge in [0.1, 0.15) is 12.1 Å². The number of hydrogen-bond donors (Lipinski definition) is 0. The molecule has 3 heterocycles. The lowest BCUT2D eigenvalue weighted by Crippen LogP contribution is -2.23. The van der Waals surface area contributed by atoms with Gasteiger partial charge in [0.15, 0.2) is 0 Å². The van der Waals surface area contributed by atoms with E-state index in [2.05, 4.69) is 15.1 Å². The molecule has 0 amide bonds. The average Bonchev–Trinajstić information content (AvgIpc) is 3.14. The van der Waals surface area contributed by atoms with Crippen molar-refractivity contribution in [1.29, 1.82) is 0 Å². The maximum Gasteiger partial charge on any atom is 0.262 e. The van der Waals surface area contributed by atoms with Crippen LogP contribution in [0.5, 0.6) is 5.75 Å². The molecule has 8 nitrogen and oxygen atoms in total. The van der Waals surface area contributed by atoms with Gasteiger partial charge in [0.2, 0.25) is 0 Å². The van der Waals surface area contributed by atoms with Crippen molar-refractivity contribution in [2.75, 3.05) is 20.8 Å². The Morgan fingerprint density at radius 2 is 2.08 bits per heavy atom. The third-order valence-corrected chi connectivity index (χ3v) is 4.22. The lowest BCUT2D eigenvalue weighted by molar-refractivity contribution is 0.186. The highest BCUT2D eigenvalue weighted by Crippen LogP contribution is 2.28. The number of methoxy groups -OCH3 is 2. The van der Waals surface area contributed by atoms with Crippen LogP contribution in [0.15, 0.2) is 47.7 Å². The van der Waals surface area contributed by atoms with E-state index in [0.29, 0.717) is 41.3 Å². The molecule has 26 heavy (non-hydrogen) atoms. The van der Waals surface area contributed by atoms with E-state index in [4.69, 9.17) is 9.47 Å². The van der Waals surface area contributed by atoms with Gasteiger partial charge in [0.05, 0.1) is 30.3 Å². The fraction of sp³-hybridized carbons (Fsp3) is 0.222. The molecule has 0 saturated carbocycles. The Bertz CT molecular complexity index is 1150. The molecule has 0 aliphatic rings. The van der Waals surface area contributed by atoms with Gasteiger partial charge in [0, 0.05) is 25.4 Å². The summed E-state index contributed by atoms with van der Waals surface area (Å²) in [4.78, 5) is 21.8. The summed E-state index contributed by atoms with van der Waals surface area (Å²) in [5.41, 5.74) is 1.86.